The maximum absolute atomic E-state index is 12.3. The fraction of sp³-hybridized carbons (Fsp3) is 0.467. The minimum Gasteiger partial charge on any atom is -0.495 e. The van der Waals surface area contributed by atoms with E-state index in [-0.39, 0.29) is 22.3 Å². The molecule has 8 nitrogen and oxygen atoms in total. The van der Waals surface area contributed by atoms with Crippen molar-refractivity contribution >= 4 is 21.9 Å². The van der Waals surface area contributed by atoms with Crippen LogP contribution in [0.4, 0.5) is 0 Å². The zero-order valence-electron chi connectivity index (χ0n) is 14.3. The van der Waals surface area contributed by atoms with Crippen LogP contribution in [0.1, 0.15) is 24.2 Å². The summed E-state index contributed by atoms with van der Waals surface area (Å²) in [7, 11) is 0.272. The van der Waals surface area contributed by atoms with Gasteiger partial charge in [-0.15, -0.1) is 0 Å². The molecular weight excluding hydrogens is 336 g/mol. The molecule has 0 aliphatic rings. The molecule has 0 saturated heterocycles. The van der Waals surface area contributed by atoms with E-state index in [1.165, 1.54) is 33.3 Å². The van der Waals surface area contributed by atoms with Gasteiger partial charge in [0.15, 0.2) is 6.61 Å². The maximum Gasteiger partial charge on any atom is 0.338 e. The van der Waals surface area contributed by atoms with Gasteiger partial charge in [0.05, 0.1) is 12.7 Å². The van der Waals surface area contributed by atoms with E-state index < -0.39 is 28.5 Å². The molecule has 0 atom stereocenters. The van der Waals surface area contributed by atoms with Crippen molar-refractivity contribution in [3.05, 3.63) is 23.8 Å². The first-order valence-electron chi connectivity index (χ1n) is 7.16. The topological polar surface area (TPSA) is 102 Å². The zero-order valence-corrected chi connectivity index (χ0v) is 15.1. The second kappa shape index (κ2) is 8.11. The molecule has 0 unspecified atom stereocenters. The van der Waals surface area contributed by atoms with Crippen LogP contribution in [-0.4, -0.2) is 58.5 Å². The van der Waals surface area contributed by atoms with Crippen molar-refractivity contribution in [2.24, 2.45) is 0 Å². The minimum absolute atomic E-state index is 0.00794. The Morgan fingerprint density at radius 1 is 1.25 bits per heavy atom. The summed E-state index contributed by atoms with van der Waals surface area (Å²) in [6.07, 6.45) is 0. The average Bonchev–Trinajstić information content (AvgIpc) is 2.51. The van der Waals surface area contributed by atoms with Gasteiger partial charge in [-0.3, -0.25) is 4.79 Å². The summed E-state index contributed by atoms with van der Waals surface area (Å²) in [6, 6.07) is 3.82. The molecule has 0 spiro atoms. The Morgan fingerprint density at radius 3 is 2.38 bits per heavy atom. The average molecular weight is 358 g/mol. The number of esters is 1. The molecule has 0 aromatic heterocycles. The third kappa shape index (κ3) is 4.93. The van der Waals surface area contributed by atoms with Gasteiger partial charge in [-0.25, -0.2) is 17.5 Å². The molecule has 0 aliphatic carbocycles. The van der Waals surface area contributed by atoms with Crippen molar-refractivity contribution in [1.29, 1.82) is 0 Å². The number of nitrogens with zero attached hydrogens (tertiary/aromatic N) is 1. The summed E-state index contributed by atoms with van der Waals surface area (Å²) < 4.78 is 35.5. The first kappa shape index (κ1) is 19.9. The number of rotatable bonds is 7. The van der Waals surface area contributed by atoms with Gasteiger partial charge < -0.3 is 14.8 Å². The molecule has 0 bridgehead atoms. The van der Waals surface area contributed by atoms with E-state index in [9.17, 15) is 18.0 Å². The Labute approximate surface area is 141 Å². The predicted molar refractivity (Wildman–Crippen MR) is 87.4 cm³/mol. The van der Waals surface area contributed by atoms with Crippen molar-refractivity contribution in [2.45, 2.75) is 24.8 Å². The Kier molecular flexibility index (Phi) is 6.73. The van der Waals surface area contributed by atoms with E-state index in [0.29, 0.717) is 0 Å². The number of benzene rings is 1. The fourth-order valence-electron chi connectivity index (χ4n) is 1.78. The maximum atomic E-state index is 12.3. The third-order valence-electron chi connectivity index (χ3n) is 2.94. The normalized spacial score (nSPS) is 11.5. The van der Waals surface area contributed by atoms with Crippen LogP contribution in [0.5, 0.6) is 5.75 Å². The molecule has 1 rings (SSSR count). The summed E-state index contributed by atoms with van der Waals surface area (Å²) in [5, 5.41) is 2.58. The number of amides is 1. The summed E-state index contributed by atoms with van der Waals surface area (Å²) in [4.78, 5) is 23.4. The predicted octanol–water partition coefficient (Wildman–Crippen LogP) is 0.627. The van der Waals surface area contributed by atoms with Crippen molar-refractivity contribution in [2.75, 3.05) is 27.8 Å². The zero-order chi connectivity index (χ0) is 18.5. The first-order valence-corrected chi connectivity index (χ1v) is 8.60. The lowest BCUT2D eigenvalue weighted by Gasteiger charge is -2.15. The molecule has 0 aliphatic heterocycles. The molecule has 1 aromatic carbocycles. The highest BCUT2D eigenvalue weighted by Gasteiger charge is 2.24. The van der Waals surface area contributed by atoms with Crippen LogP contribution in [-0.2, 0) is 19.6 Å². The minimum atomic E-state index is -3.80. The summed E-state index contributed by atoms with van der Waals surface area (Å²) in [6.45, 7) is 3.11. The van der Waals surface area contributed by atoms with E-state index in [0.717, 1.165) is 10.4 Å². The van der Waals surface area contributed by atoms with Crippen LogP contribution in [0, 0.1) is 0 Å². The van der Waals surface area contributed by atoms with Gasteiger partial charge in [0.1, 0.15) is 10.6 Å². The van der Waals surface area contributed by atoms with Crippen LogP contribution < -0.4 is 10.1 Å². The Bertz CT molecular complexity index is 713. The van der Waals surface area contributed by atoms with E-state index >= 15 is 0 Å². The highest BCUT2D eigenvalue weighted by molar-refractivity contribution is 7.89. The Hall–Kier alpha value is -2.13. The number of methoxy groups -OCH3 is 1. The standard InChI is InChI=1S/C15H22N2O6S/c1-10(2)16-14(18)9-23-15(19)11-6-7-12(22-5)13(8-11)24(20,21)17(3)4/h6-8,10H,9H2,1-5H3,(H,16,18). The monoisotopic (exact) mass is 358 g/mol. The van der Waals surface area contributed by atoms with Crippen LogP contribution in [0.25, 0.3) is 0 Å². The number of carbonyl (C=O) groups excluding carboxylic acids is 2. The van der Waals surface area contributed by atoms with Crippen molar-refractivity contribution in [3.63, 3.8) is 0 Å². The van der Waals surface area contributed by atoms with Crippen LogP contribution >= 0.6 is 0 Å². The number of ether oxygens (including phenoxy) is 2. The summed E-state index contributed by atoms with van der Waals surface area (Å²) >= 11 is 0. The smallest absolute Gasteiger partial charge is 0.338 e. The largest absolute Gasteiger partial charge is 0.495 e. The number of sulfonamides is 1. The molecule has 1 N–H and O–H groups in total. The summed E-state index contributed by atoms with van der Waals surface area (Å²) in [5.74, 6) is -1.13. The van der Waals surface area contributed by atoms with Gasteiger partial charge >= 0.3 is 5.97 Å². The van der Waals surface area contributed by atoms with E-state index in [1.54, 1.807) is 13.8 Å². The van der Waals surface area contributed by atoms with Gasteiger partial charge in [0.2, 0.25) is 10.0 Å². The lowest BCUT2D eigenvalue weighted by Crippen LogP contribution is -2.34. The van der Waals surface area contributed by atoms with Gasteiger partial charge in [-0.1, -0.05) is 0 Å². The number of carbonyl (C=O) groups is 2. The highest BCUT2D eigenvalue weighted by Crippen LogP contribution is 2.27. The van der Waals surface area contributed by atoms with E-state index in [1.807, 2.05) is 0 Å². The van der Waals surface area contributed by atoms with Crippen molar-refractivity contribution in [3.8, 4) is 5.75 Å². The second-order valence-corrected chi connectivity index (χ2v) is 7.57. The van der Waals surface area contributed by atoms with Crippen LogP contribution in [0.3, 0.4) is 0 Å². The number of hydrogen-bond acceptors (Lipinski definition) is 6. The third-order valence-corrected chi connectivity index (χ3v) is 4.78. The lowest BCUT2D eigenvalue weighted by molar-refractivity contribution is -0.124. The number of nitrogens with one attached hydrogen (secondary N) is 1. The molecule has 134 valence electrons. The number of hydrogen-bond donors (Lipinski definition) is 1. The SMILES string of the molecule is COc1ccc(C(=O)OCC(=O)NC(C)C)cc1S(=O)(=O)N(C)C. The van der Waals surface area contributed by atoms with Crippen molar-refractivity contribution in [1.82, 2.24) is 9.62 Å². The first-order chi connectivity index (χ1) is 11.1. The highest BCUT2D eigenvalue weighted by atomic mass is 32.2. The van der Waals surface area contributed by atoms with Crippen LogP contribution in [0.15, 0.2) is 23.1 Å². The molecule has 1 amide bonds. The van der Waals surface area contributed by atoms with Crippen molar-refractivity contribution < 1.29 is 27.5 Å². The fourth-order valence-corrected chi connectivity index (χ4v) is 2.85. The molecule has 1 aromatic rings. The molecule has 0 radical (unpaired) electrons. The van der Waals surface area contributed by atoms with Gasteiger partial charge in [-0.2, -0.15) is 0 Å². The van der Waals surface area contributed by atoms with Crippen LogP contribution in [0.2, 0.25) is 0 Å². The lowest BCUT2D eigenvalue weighted by atomic mass is 10.2. The van der Waals surface area contributed by atoms with Gasteiger partial charge in [-0.05, 0) is 32.0 Å². The summed E-state index contributed by atoms with van der Waals surface area (Å²) in [5.41, 5.74) is 0.00794. The van der Waals surface area contributed by atoms with Gasteiger partial charge in [0, 0.05) is 20.1 Å². The Balaban J connectivity index is 3.02. The molecule has 9 heteroatoms. The second-order valence-electron chi connectivity index (χ2n) is 5.45. The van der Waals surface area contributed by atoms with Gasteiger partial charge in [0.25, 0.3) is 5.91 Å². The Morgan fingerprint density at radius 2 is 1.88 bits per heavy atom. The quantitative estimate of drug-likeness (QED) is 0.717. The van der Waals surface area contributed by atoms with E-state index in [4.69, 9.17) is 9.47 Å². The molecule has 0 heterocycles. The molecule has 0 fully saturated rings. The molecule has 24 heavy (non-hydrogen) atoms. The molecule has 0 saturated carbocycles. The molecular formula is C15H22N2O6S. The van der Waals surface area contributed by atoms with E-state index in [2.05, 4.69) is 5.32 Å².